The number of carbonyl (C=O) groups excluding carboxylic acids is 1. The Balaban J connectivity index is 1.32. The highest BCUT2D eigenvalue weighted by atomic mass is 16.5. The summed E-state index contributed by atoms with van der Waals surface area (Å²) in [7, 11) is 0. The molecule has 1 aromatic carbocycles. The van der Waals surface area contributed by atoms with Gasteiger partial charge in [0.25, 0.3) is 0 Å². The number of ether oxygens (including phenoxy) is 2. The van der Waals surface area contributed by atoms with Gasteiger partial charge in [0.15, 0.2) is 0 Å². The lowest BCUT2D eigenvalue weighted by atomic mass is 9.90. The second-order valence-electron chi connectivity index (χ2n) is 6.12. The van der Waals surface area contributed by atoms with Crippen LogP contribution in [0.15, 0.2) is 28.7 Å². The number of para-hydroxylation sites is 1. The van der Waals surface area contributed by atoms with Gasteiger partial charge < -0.3 is 18.8 Å². The van der Waals surface area contributed by atoms with Crippen LogP contribution >= 0.6 is 0 Å². The van der Waals surface area contributed by atoms with E-state index in [-0.39, 0.29) is 24.5 Å². The normalized spacial score (nSPS) is 20.2. The van der Waals surface area contributed by atoms with E-state index in [1.807, 2.05) is 29.2 Å². The molecule has 2 aliphatic rings. The van der Waals surface area contributed by atoms with Crippen LogP contribution in [0.4, 0.5) is 0 Å². The smallest absolute Gasteiger partial charge is 0.242 e. The maximum absolute atomic E-state index is 12.7. The summed E-state index contributed by atoms with van der Waals surface area (Å²) in [5, 5.41) is 7.65. The molecule has 3 heterocycles. The summed E-state index contributed by atoms with van der Waals surface area (Å²) in [6.07, 6.45) is 0.746. The first-order valence-electron chi connectivity index (χ1n) is 8.12. The lowest BCUT2D eigenvalue weighted by molar-refractivity contribution is -0.148. The van der Waals surface area contributed by atoms with Gasteiger partial charge in [0.05, 0.1) is 18.6 Å². The zero-order valence-electron chi connectivity index (χ0n) is 13.5. The number of aromatic nitrogens is 2. The minimum atomic E-state index is -0.116. The summed E-state index contributed by atoms with van der Waals surface area (Å²) in [5.74, 6) is 1.85. The number of likely N-dealkylation sites (tertiary alicyclic amines) is 1. The van der Waals surface area contributed by atoms with Crippen LogP contribution in [0.25, 0.3) is 0 Å². The molecule has 1 fully saturated rings. The van der Waals surface area contributed by atoms with E-state index in [0.717, 1.165) is 17.7 Å². The molecule has 1 aromatic heterocycles. The van der Waals surface area contributed by atoms with E-state index in [9.17, 15) is 4.79 Å². The number of nitrogens with zero attached hydrogens (tertiary/aromatic N) is 3. The number of hydrogen-bond acceptors (Lipinski definition) is 6. The first-order chi connectivity index (χ1) is 11.7. The van der Waals surface area contributed by atoms with Crippen LogP contribution < -0.4 is 4.74 Å². The molecule has 1 atom stereocenters. The molecule has 2 aromatic rings. The number of fused-ring (bicyclic) bond motifs is 1. The van der Waals surface area contributed by atoms with Crippen LogP contribution in [-0.2, 0) is 16.1 Å². The van der Waals surface area contributed by atoms with Crippen molar-refractivity contribution in [3.63, 3.8) is 0 Å². The van der Waals surface area contributed by atoms with E-state index in [2.05, 4.69) is 10.2 Å². The summed E-state index contributed by atoms with van der Waals surface area (Å²) in [6.45, 7) is 3.81. The van der Waals surface area contributed by atoms with Crippen molar-refractivity contribution in [2.75, 3.05) is 19.7 Å². The molecule has 126 valence electrons. The second-order valence-corrected chi connectivity index (χ2v) is 6.12. The lowest BCUT2D eigenvalue weighted by Gasteiger charge is -2.41. The van der Waals surface area contributed by atoms with Crippen LogP contribution in [0.5, 0.6) is 5.75 Å². The molecular formula is C17H19N3O4. The van der Waals surface area contributed by atoms with Crippen molar-refractivity contribution in [2.24, 2.45) is 0 Å². The number of hydrogen-bond donors (Lipinski definition) is 0. The lowest BCUT2D eigenvalue weighted by Crippen LogP contribution is -2.56. The molecule has 0 aliphatic carbocycles. The van der Waals surface area contributed by atoms with Crippen molar-refractivity contribution in [2.45, 2.75) is 32.0 Å². The second kappa shape index (κ2) is 6.24. The van der Waals surface area contributed by atoms with Crippen molar-refractivity contribution >= 4 is 5.91 Å². The van der Waals surface area contributed by atoms with Crippen LogP contribution in [0, 0.1) is 6.92 Å². The number of carbonyl (C=O) groups is 1. The van der Waals surface area contributed by atoms with Crippen LogP contribution in [0.2, 0.25) is 0 Å². The monoisotopic (exact) mass is 329 g/mol. The fourth-order valence-corrected chi connectivity index (χ4v) is 3.13. The van der Waals surface area contributed by atoms with Gasteiger partial charge in [0.2, 0.25) is 17.7 Å². The van der Waals surface area contributed by atoms with E-state index in [1.54, 1.807) is 6.92 Å². The van der Waals surface area contributed by atoms with Gasteiger partial charge in [-0.05, 0) is 12.5 Å². The Morgan fingerprint density at radius 2 is 2.17 bits per heavy atom. The summed E-state index contributed by atoms with van der Waals surface area (Å²) < 4.78 is 16.6. The first kappa shape index (κ1) is 15.1. The van der Waals surface area contributed by atoms with Crippen LogP contribution in [0.3, 0.4) is 0 Å². The van der Waals surface area contributed by atoms with E-state index in [0.29, 0.717) is 31.5 Å². The molecule has 7 heteroatoms. The summed E-state index contributed by atoms with van der Waals surface area (Å²) in [6, 6.07) is 7.77. The van der Waals surface area contributed by atoms with Crippen LogP contribution in [-0.4, -0.2) is 46.8 Å². The fraction of sp³-hybridized carbons (Fsp3) is 0.471. The molecule has 1 amide bonds. The quantitative estimate of drug-likeness (QED) is 0.849. The average molecular weight is 329 g/mol. The molecule has 0 N–H and O–H groups in total. The predicted molar refractivity (Wildman–Crippen MR) is 83.5 cm³/mol. The third-order valence-electron chi connectivity index (χ3n) is 4.43. The molecule has 1 saturated heterocycles. The number of aryl methyl sites for hydroxylation is 1. The average Bonchev–Trinajstić information content (AvgIpc) is 2.98. The number of benzene rings is 1. The molecule has 7 nitrogen and oxygen atoms in total. The third kappa shape index (κ3) is 2.87. The van der Waals surface area contributed by atoms with Gasteiger partial charge in [-0.25, -0.2) is 0 Å². The zero-order chi connectivity index (χ0) is 16.5. The van der Waals surface area contributed by atoms with Gasteiger partial charge in [-0.1, -0.05) is 18.2 Å². The Bertz CT molecular complexity index is 739. The maximum Gasteiger partial charge on any atom is 0.242 e. The summed E-state index contributed by atoms with van der Waals surface area (Å²) in [4.78, 5) is 14.6. The van der Waals surface area contributed by atoms with Gasteiger partial charge in [0.1, 0.15) is 12.4 Å². The molecular weight excluding hydrogens is 310 g/mol. The minimum Gasteiger partial charge on any atom is -0.493 e. The Labute approximate surface area is 139 Å². The highest BCUT2D eigenvalue weighted by Gasteiger charge is 2.37. The zero-order valence-corrected chi connectivity index (χ0v) is 13.5. The van der Waals surface area contributed by atoms with Crippen molar-refractivity contribution in [3.8, 4) is 5.75 Å². The highest BCUT2D eigenvalue weighted by molar-refractivity contribution is 5.85. The molecule has 0 saturated carbocycles. The SMILES string of the molecule is Cc1nnc(COC2CN(C(=O)C3CCOc4ccccc43)C2)o1. The number of amides is 1. The Kier molecular flexibility index (Phi) is 3.93. The standard InChI is InChI=1S/C17H19N3O4/c1-11-18-19-16(24-11)10-23-12-8-20(9-12)17(21)14-6-7-22-15-5-3-2-4-13(14)15/h2-5,12,14H,6-10H2,1H3. The van der Waals surface area contributed by atoms with E-state index >= 15 is 0 Å². The van der Waals surface area contributed by atoms with Crippen molar-refractivity contribution in [1.29, 1.82) is 0 Å². The number of rotatable bonds is 4. The Morgan fingerprint density at radius 3 is 2.96 bits per heavy atom. The van der Waals surface area contributed by atoms with Gasteiger partial charge in [-0.2, -0.15) is 0 Å². The molecule has 4 rings (SSSR count). The van der Waals surface area contributed by atoms with Crippen molar-refractivity contribution in [3.05, 3.63) is 41.6 Å². The molecule has 1 unspecified atom stereocenters. The summed E-state index contributed by atoms with van der Waals surface area (Å²) in [5.41, 5.74) is 0.986. The molecule has 24 heavy (non-hydrogen) atoms. The van der Waals surface area contributed by atoms with E-state index in [4.69, 9.17) is 13.9 Å². The van der Waals surface area contributed by atoms with Crippen molar-refractivity contribution < 1.29 is 18.7 Å². The van der Waals surface area contributed by atoms with Crippen molar-refractivity contribution in [1.82, 2.24) is 15.1 Å². The maximum atomic E-state index is 12.7. The van der Waals surface area contributed by atoms with E-state index < -0.39 is 0 Å². The molecule has 0 radical (unpaired) electrons. The van der Waals surface area contributed by atoms with Gasteiger partial charge >= 0.3 is 0 Å². The Morgan fingerprint density at radius 1 is 1.33 bits per heavy atom. The minimum absolute atomic E-state index is 0.0243. The molecule has 0 spiro atoms. The topological polar surface area (TPSA) is 77.7 Å². The van der Waals surface area contributed by atoms with E-state index in [1.165, 1.54) is 0 Å². The van der Waals surface area contributed by atoms with Gasteiger partial charge in [-0.3, -0.25) is 4.79 Å². The van der Waals surface area contributed by atoms with Gasteiger partial charge in [0, 0.05) is 25.6 Å². The molecule has 0 bridgehead atoms. The fourth-order valence-electron chi connectivity index (χ4n) is 3.13. The first-order valence-corrected chi connectivity index (χ1v) is 8.12. The largest absolute Gasteiger partial charge is 0.493 e. The van der Waals surface area contributed by atoms with Gasteiger partial charge in [-0.15, -0.1) is 10.2 Å². The highest BCUT2D eigenvalue weighted by Crippen LogP contribution is 2.35. The predicted octanol–water partition coefficient (Wildman–Crippen LogP) is 1.67. The summed E-state index contributed by atoms with van der Waals surface area (Å²) >= 11 is 0. The molecule has 2 aliphatic heterocycles. The van der Waals surface area contributed by atoms with Crippen LogP contribution in [0.1, 0.15) is 29.7 Å². The third-order valence-corrected chi connectivity index (χ3v) is 4.43. The Hall–Kier alpha value is -2.41.